The van der Waals surface area contributed by atoms with Crippen LogP contribution in [0, 0.1) is 18.3 Å². The van der Waals surface area contributed by atoms with Gasteiger partial charge in [0.15, 0.2) is 0 Å². The monoisotopic (exact) mass is 500 g/mol. The number of nitrogens with two attached hydrogens (primary N) is 1. The summed E-state index contributed by atoms with van der Waals surface area (Å²) in [6, 6.07) is 6.43. The van der Waals surface area contributed by atoms with Crippen molar-refractivity contribution < 1.29 is 19.1 Å². The maximum atomic E-state index is 13.2. The van der Waals surface area contributed by atoms with Crippen molar-refractivity contribution in [3.8, 4) is 10.4 Å². The van der Waals surface area contributed by atoms with E-state index in [9.17, 15) is 14.4 Å². The van der Waals surface area contributed by atoms with Gasteiger partial charge >= 0.3 is 5.97 Å². The van der Waals surface area contributed by atoms with Crippen molar-refractivity contribution in [3.63, 3.8) is 0 Å². The van der Waals surface area contributed by atoms with E-state index in [2.05, 4.69) is 10.3 Å². The van der Waals surface area contributed by atoms with E-state index in [-0.39, 0.29) is 36.7 Å². The van der Waals surface area contributed by atoms with Crippen LogP contribution >= 0.6 is 11.3 Å². The second-order valence-corrected chi connectivity index (χ2v) is 11.3. The highest BCUT2D eigenvalue weighted by Crippen LogP contribution is 2.28. The summed E-state index contributed by atoms with van der Waals surface area (Å²) in [6.45, 7) is 11.6. The lowest BCUT2D eigenvalue weighted by atomic mass is 9.86. The Morgan fingerprint density at radius 1 is 1.23 bits per heavy atom. The molecule has 2 heterocycles. The van der Waals surface area contributed by atoms with Gasteiger partial charge in [0.05, 0.1) is 34.6 Å². The third-order valence-electron chi connectivity index (χ3n) is 6.23. The number of benzene rings is 1. The molecule has 1 aromatic heterocycles. The Morgan fingerprint density at radius 3 is 2.43 bits per heavy atom. The standard InChI is InChI=1S/C26H36N4O4S/c1-15(2)25(33)34-19-11-20(30(13-19)24(32)22(27)26(4,5)6)23(31)28-12-17-7-9-18(10-8-17)21-16(3)29-14-35-21/h7-10,14-15,19-20,22H,11-13,27H2,1-6H3,(H,28,31)/t19-,20+,22-/m1/s1. The molecule has 0 radical (unpaired) electrons. The van der Waals surface area contributed by atoms with Gasteiger partial charge in [-0.15, -0.1) is 11.3 Å². The van der Waals surface area contributed by atoms with Crippen LogP contribution < -0.4 is 11.1 Å². The summed E-state index contributed by atoms with van der Waals surface area (Å²) in [4.78, 5) is 45.4. The average Bonchev–Trinajstić information content (AvgIpc) is 3.42. The van der Waals surface area contributed by atoms with E-state index in [4.69, 9.17) is 10.5 Å². The third-order valence-corrected chi connectivity index (χ3v) is 7.21. The molecule has 35 heavy (non-hydrogen) atoms. The topological polar surface area (TPSA) is 115 Å². The van der Waals surface area contributed by atoms with Crippen LogP contribution in [0.1, 0.15) is 52.3 Å². The quantitative estimate of drug-likeness (QED) is 0.564. The zero-order valence-corrected chi connectivity index (χ0v) is 22.1. The number of amides is 2. The van der Waals surface area contributed by atoms with Gasteiger partial charge in [-0.1, -0.05) is 58.9 Å². The second kappa shape index (κ2) is 10.9. The lowest BCUT2D eigenvalue weighted by molar-refractivity contribution is -0.153. The number of carbonyl (C=O) groups excluding carboxylic acids is 3. The highest BCUT2D eigenvalue weighted by atomic mass is 32.1. The van der Waals surface area contributed by atoms with E-state index < -0.39 is 23.6 Å². The zero-order chi connectivity index (χ0) is 25.9. The summed E-state index contributed by atoms with van der Waals surface area (Å²) in [7, 11) is 0. The predicted molar refractivity (Wildman–Crippen MR) is 136 cm³/mol. The molecule has 0 unspecified atom stereocenters. The van der Waals surface area contributed by atoms with Crippen LogP contribution in [0.15, 0.2) is 29.8 Å². The molecule has 2 aromatic rings. The lowest BCUT2D eigenvalue weighted by Crippen LogP contribution is -2.54. The number of nitrogens with zero attached hydrogens (tertiary/aromatic N) is 2. The zero-order valence-electron chi connectivity index (χ0n) is 21.3. The average molecular weight is 501 g/mol. The Balaban J connectivity index is 1.69. The van der Waals surface area contributed by atoms with Crippen molar-refractivity contribution in [3.05, 3.63) is 41.0 Å². The number of rotatable bonds is 7. The molecule has 0 bridgehead atoms. The van der Waals surface area contributed by atoms with E-state index in [0.29, 0.717) is 6.54 Å². The molecule has 1 aromatic carbocycles. The maximum Gasteiger partial charge on any atom is 0.308 e. The number of likely N-dealkylation sites (tertiary alicyclic amines) is 1. The van der Waals surface area contributed by atoms with Gasteiger partial charge in [0, 0.05) is 13.0 Å². The predicted octanol–water partition coefficient (Wildman–Crippen LogP) is 3.28. The van der Waals surface area contributed by atoms with Crippen LogP contribution in [-0.4, -0.2) is 52.4 Å². The van der Waals surface area contributed by atoms with Crippen LogP contribution in [0.5, 0.6) is 0 Å². The van der Waals surface area contributed by atoms with Crippen molar-refractivity contribution >= 4 is 29.1 Å². The first-order valence-corrected chi connectivity index (χ1v) is 12.8. The van der Waals surface area contributed by atoms with Gasteiger partial charge in [-0.3, -0.25) is 14.4 Å². The Kier molecular flexibility index (Phi) is 8.33. The Bertz CT molecular complexity index is 1060. The number of esters is 1. The number of aromatic nitrogens is 1. The summed E-state index contributed by atoms with van der Waals surface area (Å²) < 4.78 is 5.56. The molecule has 190 valence electrons. The fraction of sp³-hybridized carbons (Fsp3) is 0.538. The molecular weight excluding hydrogens is 464 g/mol. The first-order chi connectivity index (χ1) is 16.4. The molecule has 0 aliphatic carbocycles. The van der Waals surface area contributed by atoms with Crippen LogP contribution in [0.4, 0.5) is 0 Å². The molecular formula is C26H36N4O4S. The van der Waals surface area contributed by atoms with Gasteiger partial charge in [0.25, 0.3) is 0 Å². The first kappa shape index (κ1) is 26.8. The van der Waals surface area contributed by atoms with E-state index in [1.807, 2.05) is 57.5 Å². The fourth-order valence-corrected chi connectivity index (χ4v) is 4.70. The molecule has 3 N–H and O–H groups in total. The van der Waals surface area contributed by atoms with Gasteiger partial charge in [0.2, 0.25) is 11.8 Å². The Morgan fingerprint density at radius 2 is 1.89 bits per heavy atom. The molecule has 3 rings (SSSR count). The molecule has 2 amide bonds. The largest absolute Gasteiger partial charge is 0.460 e. The van der Waals surface area contributed by atoms with E-state index >= 15 is 0 Å². The number of thiazole rings is 1. The molecule has 3 atom stereocenters. The molecule has 9 heteroatoms. The Labute approximate surface area is 211 Å². The fourth-order valence-electron chi connectivity index (χ4n) is 3.88. The van der Waals surface area contributed by atoms with Crippen molar-refractivity contribution in [1.29, 1.82) is 0 Å². The number of hydrogen-bond acceptors (Lipinski definition) is 7. The molecule has 1 aliphatic heterocycles. The van der Waals surface area contributed by atoms with E-state index in [1.54, 1.807) is 25.2 Å². The smallest absolute Gasteiger partial charge is 0.308 e. The molecule has 8 nitrogen and oxygen atoms in total. The highest BCUT2D eigenvalue weighted by Gasteiger charge is 2.44. The number of hydrogen-bond donors (Lipinski definition) is 2. The van der Waals surface area contributed by atoms with Gasteiger partial charge in [0.1, 0.15) is 12.1 Å². The minimum Gasteiger partial charge on any atom is -0.460 e. The summed E-state index contributed by atoms with van der Waals surface area (Å²) in [5.74, 6) is -1.24. The van der Waals surface area contributed by atoms with Gasteiger partial charge in [-0.05, 0) is 23.5 Å². The number of nitrogens with one attached hydrogen (secondary N) is 1. The second-order valence-electron chi connectivity index (χ2n) is 10.5. The molecule has 0 spiro atoms. The van der Waals surface area contributed by atoms with Gasteiger partial charge < -0.3 is 20.7 Å². The summed E-state index contributed by atoms with van der Waals surface area (Å²) >= 11 is 1.59. The van der Waals surface area contributed by atoms with Crippen molar-refractivity contribution in [2.75, 3.05) is 6.54 Å². The first-order valence-electron chi connectivity index (χ1n) is 11.9. The van der Waals surface area contributed by atoms with Crippen LogP contribution in [-0.2, 0) is 25.7 Å². The van der Waals surface area contributed by atoms with Crippen molar-refractivity contribution in [1.82, 2.24) is 15.2 Å². The lowest BCUT2D eigenvalue weighted by Gasteiger charge is -2.32. The number of ether oxygens (including phenoxy) is 1. The van der Waals surface area contributed by atoms with Gasteiger partial charge in [-0.2, -0.15) is 0 Å². The molecule has 0 saturated carbocycles. The maximum absolute atomic E-state index is 13.2. The number of carbonyl (C=O) groups is 3. The van der Waals surface area contributed by atoms with Crippen LogP contribution in [0.3, 0.4) is 0 Å². The highest BCUT2D eigenvalue weighted by molar-refractivity contribution is 7.13. The molecule has 1 aliphatic rings. The van der Waals surface area contributed by atoms with Gasteiger partial charge in [-0.25, -0.2) is 4.98 Å². The minimum absolute atomic E-state index is 0.155. The van der Waals surface area contributed by atoms with Crippen molar-refractivity contribution in [2.45, 2.75) is 72.7 Å². The number of aryl methyl sites for hydroxylation is 1. The summed E-state index contributed by atoms with van der Waals surface area (Å²) in [5, 5.41) is 2.94. The Hall–Kier alpha value is -2.78. The third kappa shape index (κ3) is 6.46. The SMILES string of the molecule is Cc1ncsc1-c1ccc(CNC(=O)[C@@H]2C[C@@H](OC(=O)C(C)C)CN2C(=O)[C@@H](N)C(C)(C)C)cc1. The van der Waals surface area contributed by atoms with Crippen LogP contribution in [0.2, 0.25) is 0 Å². The minimum atomic E-state index is -0.778. The van der Waals surface area contributed by atoms with Crippen LogP contribution in [0.25, 0.3) is 10.4 Å². The van der Waals surface area contributed by atoms with Crippen molar-refractivity contribution in [2.24, 2.45) is 17.1 Å². The van der Waals surface area contributed by atoms with E-state index in [1.165, 1.54) is 4.90 Å². The summed E-state index contributed by atoms with van der Waals surface area (Å²) in [6.07, 6.45) is -0.296. The summed E-state index contributed by atoms with van der Waals surface area (Å²) in [5.41, 5.74) is 10.6. The van der Waals surface area contributed by atoms with E-state index in [0.717, 1.165) is 21.7 Å². The molecule has 1 fully saturated rings. The normalized spacial score (nSPS) is 19.0. The molecule has 1 saturated heterocycles.